The van der Waals surface area contributed by atoms with Crippen LogP contribution in [-0.2, 0) is 6.54 Å². The second-order valence-corrected chi connectivity index (χ2v) is 5.16. The topological polar surface area (TPSA) is 87.4 Å². The third-order valence-electron chi connectivity index (χ3n) is 2.63. The van der Waals surface area contributed by atoms with Gasteiger partial charge in [-0.2, -0.15) is 5.10 Å². The van der Waals surface area contributed by atoms with Gasteiger partial charge in [0.15, 0.2) is 0 Å². The van der Waals surface area contributed by atoms with Crippen molar-refractivity contribution in [2.24, 2.45) is 5.92 Å². The molecule has 0 spiro atoms. The standard InChI is InChI=1S/C12H20ClN3O3/c1-8(2)5-9(7-18)15-10-6-14-16(3-4-17)12(19)11(10)13/h6,8-9,15,17-18H,3-5,7H2,1-2H3. The van der Waals surface area contributed by atoms with Crippen molar-refractivity contribution in [1.82, 2.24) is 9.78 Å². The molecule has 0 aromatic carbocycles. The van der Waals surface area contributed by atoms with Gasteiger partial charge < -0.3 is 15.5 Å². The quantitative estimate of drug-likeness (QED) is 0.688. The number of nitrogens with one attached hydrogen (secondary N) is 1. The Kier molecular flexibility index (Phi) is 6.27. The van der Waals surface area contributed by atoms with Crippen LogP contribution in [0.25, 0.3) is 0 Å². The molecular weight excluding hydrogens is 270 g/mol. The lowest BCUT2D eigenvalue weighted by Crippen LogP contribution is -2.29. The summed E-state index contributed by atoms with van der Waals surface area (Å²) in [5.41, 5.74) is -0.0532. The number of nitrogens with zero attached hydrogens (tertiary/aromatic N) is 2. The molecule has 0 saturated heterocycles. The highest BCUT2D eigenvalue weighted by Crippen LogP contribution is 2.18. The fourth-order valence-corrected chi connectivity index (χ4v) is 1.99. The van der Waals surface area contributed by atoms with Crippen LogP contribution < -0.4 is 10.9 Å². The van der Waals surface area contributed by atoms with E-state index in [-0.39, 0.29) is 30.8 Å². The van der Waals surface area contributed by atoms with Gasteiger partial charge in [-0.05, 0) is 12.3 Å². The van der Waals surface area contributed by atoms with Gasteiger partial charge in [-0.1, -0.05) is 25.4 Å². The molecule has 0 bridgehead atoms. The van der Waals surface area contributed by atoms with Gasteiger partial charge in [-0.25, -0.2) is 4.68 Å². The van der Waals surface area contributed by atoms with Gasteiger partial charge >= 0.3 is 0 Å². The highest BCUT2D eigenvalue weighted by molar-refractivity contribution is 6.32. The molecule has 0 radical (unpaired) electrons. The van der Waals surface area contributed by atoms with Gasteiger partial charge in [0.25, 0.3) is 5.56 Å². The lowest BCUT2D eigenvalue weighted by atomic mass is 10.0. The summed E-state index contributed by atoms with van der Waals surface area (Å²) in [5.74, 6) is 0.408. The van der Waals surface area contributed by atoms with E-state index in [9.17, 15) is 9.90 Å². The zero-order valence-electron chi connectivity index (χ0n) is 11.1. The first-order valence-corrected chi connectivity index (χ1v) is 6.61. The molecule has 0 amide bonds. The number of hydrogen-bond acceptors (Lipinski definition) is 5. The Bertz CT molecular complexity index is 462. The van der Waals surface area contributed by atoms with Crippen molar-refractivity contribution in [2.75, 3.05) is 18.5 Å². The molecule has 1 aromatic heterocycles. The smallest absolute Gasteiger partial charge is 0.287 e. The summed E-state index contributed by atoms with van der Waals surface area (Å²) in [5, 5.41) is 25.0. The van der Waals surface area contributed by atoms with Crippen LogP contribution in [0.5, 0.6) is 0 Å². The van der Waals surface area contributed by atoms with Gasteiger partial charge in [0, 0.05) is 6.04 Å². The molecule has 0 aliphatic carbocycles. The molecule has 1 rings (SSSR count). The van der Waals surface area contributed by atoms with Crippen LogP contribution in [0.15, 0.2) is 11.0 Å². The number of aromatic nitrogens is 2. The van der Waals surface area contributed by atoms with Crippen molar-refractivity contribution in [3.8, 4) is 0 Å². The molecule has 3 N–H and O–H groups in total. The molecule has 7 heteroatoms. The maximum Gasteiger partial charge on any atom is 0.287 e. The normalized spacial score (nSPS) is 12.7. The number of hydrogen-bond donors (Lipinski definition) is 3. The lowest BCUT2D eigenvalue weighted by molar-refractivity contribution is 0.259. The summed E-state index contributed by atoms with van der Waals surface area (Å²) in [6, 6.07) is -0.174. The fourth-order valence-electron chi connectivity index (χ4n) is 1.79. The number of aliphatic hydroxyl groups is 2. The monoisotopic (exact) mass is 289 g/mol. The van der Waals surface area contributed by atoms with Crippen molar-refractivity contribution in [3.05, 3.63) is 21.6 Å². The molecule has 0 saturated carbocycles. The van der Waals surface area contributed by atoms with Crippen LogP contribution in [0.3, 0.4) is 0 Å². The molecular formula is C12H20ClN3O3. The molecule has 6 nitrogen and oxygen atoms in total. The average molecular weight is 290 g/mol. The largest absolute Gasteiger partial charge is 0.394 e. The summed E-state index contributed by atoms with van der Waals surface area (Å²) >= 11 is 5.97. The molecule has 1 unspecified atom stereocenters. The predicted molar refractivity (Wildman–Crippen MR) is 74.5 cm³/mol. The first-order valence-electron chi connectivity index (χ1n) is 6.23. The maximum atomic E-state index is 11.8. The lowest BCUT2D eigenvalue weighted by Gasteiger charge is -2.20. The molecule has 1 atom stereocenters. The van der Waals surface area contributed by atoms with Crippen molar-refractivity contribution >= 4 is 17.3 Å². The fraction of sp³-hybridized carbons (Fsp3) is 0.667. The minimum atomic E-state index is -0.457. The minimum Gasteiger partial charge on any atom is -0.394 e. The average Bonchev–Trinajstić information content (AvgIpc) is 2.37. The number of aliphatic hydroxyl groups excluding tert-OH is 2. The van der Waals surface area contributed by atoms with Crippen LogP contribution in [-0.4, -0.2) is 39.2 Å². The van der Waals surface area contributed by atoms with Crippen molar-refractivity contribution in [2.45, 2.75) is 32.9 Å². The SMILES string of the molecule is CC(C)CC(CO)Nc1cnn(CCO)c(=O)c1Cl. The second-order valence-electron chi connectivity index (χ2n) is 4.78. The van der Waals surface area contributed by atoms with Crippen LogP contribution in [0, 0.1) is 5.92 Å². The highest BCUT2D eigenvalue weighted by Gasteiger charge is 2.14. The van der Waals surface area contributed by atoms with E-state index in [1.165, 1.54) is 6.20 Å². The summed E-state index contributed by atoms with van der Waals surface area (Å²) < 4.78 is 1.10. The maximum absolute atomic E-state index is 11.8. The molecule has 108 valence electrons. The van der Waals surface area contributed by atoms with E-state index >= 15 is 0 Å². The summed E-state index contributed by atoms with van der Waals surface area (Å²) in [6.45, 7) is 3.97. The van der Waals surface area contributed by atoms with E-state index in [0.29, 0.717) is 11.6 Å². The van der Waals surface area contributed by atoms with Crippen molar-refractivity contribution in [3.63, 3.8) is 0 Å². The minimum absolute atomic E-state index is 0.0191. The van der Waals surface area contributed by atoms with Crippen LogP contribution >= 0.6 is 11.6 Å². The van der Waals surface area contributed by atoms with Gasteiger partial charge in [0.2, 0.25) is 0 Å². The Hall–Kier alpha value is -1.11. The Morgan fingerprint density at radius 1 is 1.47 bits per heavy atom. The van der Waals surface area contributed by atoms with Gasteiger partial charge in [0.05, 0.1) is 31.6 Å². The van der Waals surface area contributed by atoms with E-state index in [1.54, 1.807) is 0 Å². The van der Waals surface area contributed by atoms with Gasteiger partial charge in [-0.15, -0.1) is 0 Å². The molecule has 0 aliphatic rings. The summed E-state index contributed by atoms with van der Waals surface area (Å²) in [7, 11) is 0. The van der Waals surface area contributed by atoms with Gasteiger partial charge in [-0.3, -0.25) is 4.79 Å². The third kappa shape index (κ3) is 4.49. The molecule has 1 aromatic rings. The van der Waals surface area contributed by atoms with E-state index < -0.39 is 5.56 Å². The summed E-state index contributed by atoms with van der Waals surface area (Å²) in [6.07, 6.45) is 2.19. The third-order valence-corrected chi connectivity index (χ3v) is 3.00. The molecule has 19 heavy (non-hydrogen) atoms. The molecule has 1 heterocycles. The van der Waals surface area contributed by atoms with Crippen LogP contribution in [0.2, 0.25) is 5.02 Å². The Morgan fingerprint density at radius 3 is 2.68 bits per heavy atom. The van der Waals surface area contributed by atoms with E-state index in [2.05, 4.69) is 10.4 Å². The van der Waals surface area contributed by atoms with Crippen LogP contribution in [0.1, 0.15) is 20.3 Å². The van der Waals surface area contributed by atoms with Crippen molar-refractivity contribution < 1.29 is 10.2 Å². The number of anilines is 1. The summed E-state index contributed by atoms with van der Waals surface area (Å²) in [4.78, 5) is 11.8. The Morgan fingerprint density at radius 2 is 2.16 bits per heavy atom. The number of halogens is 1. The first-order chi connectivity index (χ1) is 8.99. The number of rotatable bonds is 7. The van der Waals surface area contributed by atoms with E-state index in [0.717, 1.165) is 11.1 Å². The predicted octanol–water partition coefficient (Wildman–Crippen LogP) is 0.708. The van der Waals surface area contributed by atoms with Crippen molar-refractivity contribution in [1.29, 1.82) is 0 Å². The zero-order valence-corrected chi connectivity index (χ0v) is 11.9. The van der Waals surface area contributed by atoms with E-state index in [1.807, 2.05) is 13.8 Å². The highest BCUT2D eigenvalue weighted by atomic mass is 35.5. The first kappa shape index (κ1) is 15.9. The zero-order chi connectivity index (χ0) is 14.4. The Balaban J connectivity index is 2.90. The van der Waals surface area contributed by atoms with E-state index in [4.69, 9.17) is 16.7 Å². The molecule has 0 fully saturated rings. The second kappa shape index (κ2) is 7.47. The molecule has 0 aliphatic heterocycles. The van der Waals surface area contributed by atoms with Crippen LogP contribution in [0.4, 0.5) is 5.69 Å². The van der Waals surface area contributed by atoms with Gasteiger partial charge in [0.1, 0.15) is 5.02 Å². The Labute approximate surface area is 117 Å².